The number of aliphatic carboxylic acids is 1. The van der Waals surface area contributed by atoms with Crippen molar-refractivity contribution in [2.45, 2.75) is 40.2 Å². The molecular formula is C12H18O3S. The molecule has 0 bridgehead atoms. The molecule has 4 heteroatoms. The van der Waals surface area contributed by atoms with Crippen molar-refractivity contribution in [2.24, 2.45) is 5.41 Å². The molecule has 3 nitrogen and oxygen atoms in total. The molecule has 0 aliphatic carbocycles. The molecule has 0 aliphatic heterocycles. The van der Waals surface area contributed by atoms with Crippen molar-refractivity contribution in [2.75, 3.05) is 0 Å². The Balaban J connectivity index is 2.84. The van der Waals surface area contributed by atoms with E-state index in [1.807, 2.05) is 19.9 Å². The molecule has 0 saturated carbocycles. The number of carboxylic acids is 1. The number of aliphatic hydroxyl groups is 1. The Bertz CT molecular complexity index is 393. The number of thiophene rings is 1. The lowest BCUT2D eigenvalue weighted by Crippen LogP contribution is -2.26. The third-order valence-electron chi connectivity index (χ3n) is 2.66. The van der Waals surface area contributed by atoms with Crippen LogP contribution in [0.3, 0.4) is 0 Å². The van der Waals surface area contributed by atoms with Crippen LogP contribution in [0.1, 0.15) is 41.7 Å². The van der Waals surface area contributed by atoms with Gasteiger partial charge in [0.2, 0.25) is 0 Å². The number of rotatable bonds is 4. The lowest BCUT2D eigenvalue weighted by molar-refractivity contribution is -0.148. The van der Waals surface area contributed by atoms with Gasteiger partial charge >= 0.3 is 5.97 Å². The van der Waals surface area contributed by atoms with Gasteiger partial charge in [-0.3, -0.25) is 4.79 Å². The normalized spacial score (nSPS) is 13.8. The first-order chi connectivity index (χ1) is 7.24. The van der Waals surface area contributed by atoms with Crippen molar-refractivity contribution in [3.05, 3.63) is 21.4 Å². The standard InChI is InChI=1S/C12H18O3S/c1-7-5-8(2)16-10(7)9(13)6-12(3,4)11(14)15/h5,9,13H,6H2,1-4H3,(H,14,15). The van der Waals surface area contributed by atoms with Crippen molar-refractivity contribution in [1.29, 1.82) is 0 Å². The maximum Gasteiger partial charge on any atom is 0.309 e. The minimum absolute atomic E-state index is 0.239. The Morgan fingerprint density at radius 3 is 2.44 bits per heavy atom. The SMILES string of the molecule is Cc1cc(C)c(C(O)CC(C)(C)C(=O)O)s1. The van der Waals surface area contributed by atoms with Crippen molar-refractivity contribution in [3.8, 4) is 0 Å². The zero-order valence-electron chi connectivity index (χ0n) is 10.1. The number of hydrogen-bond acceptors (Lipinski definition) is 3. The minimum atomic E-state index is -0.899. The molecule has 90 valence electrons. The highest BCUT2D eigenvalue weighted by Gasteiger charge is 2.31. The first-order valence-electron chi connectivity index (χ1n) is 5.22. The lowest BCUT2D eigenvalue weighted by atomic mass is 9.86. The zero-order chi connectivity index (χ0) is 12.5. The molecular weight excluding hydrogens is 224 g/mol. The molecule has 1 heterocycles. The fourth-order valence-corrected chi connectivity index (χ4v) is 2.68. The van der Waals surface area contributed by atoms with E-state index < -0.39 is 17.5 Å². The van der Waals surface area contributed by atoms with Gasteiger partial charge in [-0.1, -0.05) is 0 Å². The van der Waals surface area contributed by atoms with Gasteiger partial charge in [0.15, 0.2) is 0 Å². The molecule has 0 saturated heterocycles. The van der Waals surface area contributed by atoms with Crippen LogP contribution in [0.4, 0.5) is 0 Å². The summed E-state index contributed by atoms with van der Waals surface area (Å²) in [6, 6.07) is 2.01. The Labute approximate surface area is 99.7 Å². The maximum atomic E-state index is 11.0. The summed E-state index contributed by atoms with van der Waals surface area (Å²) in [5.41, 5.74) is 0.139. The van der Waals surface area contributed by atoms with Gasteiger partial charge in [-0.2, -0.15) is 0 Å². The smallest absolute Gasteiger partial charge is 0.309 e. The molecule has 0 radical (unpaired) electrons. The zero-order valence-corrected chi connectivity index (χ0v) is 10.9. The molecule has 0 spiro atoms. The van der Waals surface area contributed by atoms with E-state index in [0.29, 0.717) is 0 Å². The second-order valence-electron chi connectivity index (χ2n) is 4.81. The Morgan fingerprint density at radius 1 is 1.50 bits per heavy atom. The summed E-state index contributed by atoms with van der Waals surface area (Å²) < 4.78 is 0. The molecule has 1 unspecified atom stereocenters. The number of aryl methyl sites for hydroxylation is 2. The van der Waals surface area contributed by atoms with E-state index in [2.05, 4.69) is 0 Å². The third-order valence-corrected chi connectivity index (χ3v) is 3.92. The molecule has 2 N–H and O–H groups in total. The lowest BCUT2D eigenvalue weighted by Gasteiger charge is -2.22. The van der Waals surface area contributed by atoms with E-state index in [4.69, 9.17) is 5.11 Å². The van der Waals surface area contributed by atoms with Crippen LogP contribution in [0.2, 0.25) is 0 Å². The van der Waals surface area contributed by atoms with Crippen LogP contribution < -0.4 is 0 Å². The largest absolute Gasteiger partial charge is 0.481 e. The minimum Gasteiger partial charge on any atom is -0.481 e. The van der Waals surface area contributed by atoms with Gasteiger partial charge in [-0.05, 0) is 45.7 Å². The van der Waals surface area contributed by atoms with Gasteiger partial charge in [0.1, 0.15) is 0 Å². The van der Waals surface area contributed by atoms with Gasteiger partial charge in [0.25, 0.3) is 0 Å². The van der Waals surface area contributed by atoms with E-state index in [0.717, 1.165) is 15.3 Å². The topological polar surface area (TPSA) is 57.5 Å². The van der Waals surface area contributed by atoms with E-state index in [1.165, 1.54) is 11.3 Å². The van der Waals surface area contributed by atoms with Crippen LogP contribution in [-0.4, -0.2) is 16.2 Å². The predicted molar refractivity (Wildman–Crippen MR) is 64.8 cm³/mol. The molecule has 1 atom stereocenters. The number of aliphatic hydroxyl groups excluding tert-OH is 1. The van der Waals surface area contributed by atoms with Crippen molar-refractivity contribution in [3.63, 3.8) is 0 Å². The Morgan fingerprint density at radius 2 is 2.06 bits per heavy atom. The summed E-state index contributed by atoms with van der Waals surface area (Å²) in [6.45, 7) is 7.19. The van der Waals surface area contributed by atoms with Crippen LogP contribution in [0.15, 0.2) is 6.07 Å². The Hall–Kier alpha value is -0.870. The second kappa shape index (κ2) is 4.55. The quantitative estimate of drug-likeness (QED) is 0.853. The van der Waals surface area contributed by atoms with Crippen molar-refractivity contribution < 1.29 is 15.0 Å². The van der Waals surface area contributed by atoms with E-state index in [-0.39, 0.29) is 6.42 Å². The average Bonchev–Trinajstić information content (AvgIpc) is 2.44. The summed E-state index contributed by atoms with van der Waals surface area (Å²) in [4.78, 5) is 13.0. The molecule has 1 aromatic heterocycles. The maximum absolute atomic E-state index is 11.0. The monoisotopic (exact) mass is 242 g/mol. The van der Waals surface area contributed by atoms with Gasteiger partial charge in [0, 0.05) is 9.75 Å². The summed E-state index contributed by atoms with van der Waals surface area (Å²) in [6.07, 6.45) is -0.451. The summed E-state index contributed by atoms with van der Waals surface area (Å²) in [5.74, 6) is -0.877. The van der Waals surface area contributed by atoms with Gasteiger partial charge in [-0.25, -0.2) is 0 Å². The number of hydrogen-bond donors (Lipinski definition) is 2. The molecule has 0 aliphatic rings. The summed E-state index contributed by atoms with van der Waals surface area (Å²) >= 11 is 1.53. The fraction of sp³-hybridized carbons (Fsp3) is 0.583. The average molecular weight is 242 g/mol. The highest BCUT2D eigenvalue weighted by Crippen LogP contribution is 2.35. The molecule has 0 aromatic carbocycles. The highest BCUT2D eigenvalue weighted by molar-refractivity contribution is 7.12. The van der Waals surface area contributed by atoms with Crippen LogP contribution >= 0.6 is 11.3 Å². The van der Waals surface area contributed by atoms with E-state index in [9.17, 15) is 9.90 Å². The van der Waals surface area contributed by atoms with Crippen LogP contribution in [0.25, 0.3) is 0 Å². The molecule has 0 amide bonds. The van der Waals surface area contributed by atoms with Crippen LogP contribution in [0, 0.1) is 19.3 Å². The van der Waals surface area contributed by atoms with Gasteiger partial charge in [0.05, 0.1) is 11.5 Å². The summed E-state index contributed by atoms with van der Waals surface area (Å²) in [7, 11) is 0. The predicted octanol–water partition coefficient (Wildman–Crippen LogP) is 2.90. The second-order valence-corrected chi connectivity index (χ2v) is 6.10. The fourth-order valence-electron chi connectivity index (χ4n) is 1.65. The van der Waals surface area contributed by atoms with Crippen molar-refractivity contribution in [1.82, 2.24) is 0 Å². The summed E-state index contributed by atoms with van der Waals surface area (Å²) in [5, 5.41) is 19.1. The van der Waals surface area contributed by atoms with Crippen molar-refractivity contribution >= 4 is 17.3 Å². The third kappa shape index (κ3) is 2.83. The van der Waals surface area contributed by atoms with E-state index >= 15 is 0 Å². The first-order valence-corrected chi connectivity index (χ1v) is 6.04. The van der Waals surface area contributed by atoms with Gasteiger partial charge in [-0.15, -0.1) is 11.3 Å². The molecule has 0 fully saturated rings. The van der Waals surface area contributed by atoms with Crippen LogP contribution in [-0.2, 0) is 4.79 Å². The highest BCUT2D eigenvalue weighted by atomic mass is 32.1. The molecule has 1 rings (SSSR count). The van der Waals surface area contributed by atoms with Gasteiger partial charge < -0.3 is 10.2 Å². The first kappa shape index (κ1) is 13.2. The van der Waals surface area contributed by atoms with E-state index in [1.54, 1.807) is 13.8 Å². The Kier molecular flexibility index (Phi) is 3.76. The van der Waals surface area contributed by atoms with Crippen LogP contribution in [0.5, 0.6) is 0 Å². The number of carbonyl (C=O) groups is 1. The molecule has 16 heavy (non-hydrogen) atoms. The number of carboxylic acid groups (broad SMARTS) is 1. The molecule has 1 aromatic rings.